The highest BCUT2D eigenvalue weighted by Gasteiger charge is 2.36. The highest BCUT2D eigenvalue weighted by atomic mass is 32.2. The zero-order valence-electron chi connectivity index (χ0n) is 14.7. The normalized spacial score (nSPS) is 16.3. The van der Waals surface area contributed by atoms with Gasteiger partial charge in [0.25, 0.3) is 10.0 Å². The lowest BCUT2D eigenvalue weighted by atomic mass is 9.94. The molecule has 1 aliphatic rings. The zero-order valence-corrected chi connectivity index (χ0v) is 15.5. The maximum absolute atomic E-state index is 13.2. The number of nitriles is 1. The van der Waals surface area contributed by atoms with Crippen LogP contribution in [-0.4, -0.2) is 26.7 Å². The molecule has 1 aliphatic heterocycles. The van der Waals surface area contributed by atoms with Crippen LogP contribution in [0, 0.1) is 18.3 Å². The van der Waals surface area contributed by atoms with Crippen LogP contribution < -0.4 is 4.31 Å². The summed E-state index contributed by atoms with van der Waals surface area (Å²) in [7, 11) is -3.65. The molecule has 2 aromatic carbocycles. The molecule has 0 fully saturated rings. The summed E-state index contributed by atoms with van der Waals surface area (Å²) >= 11 is 0. The van der Waals surface area contributed by atoms with Gasteiger partial charge < -0.3 is 5.11 Å². The van der Waals surface area contributed by atoms with Gasteiger partial charge in [-0.25, -0.2) is 8.42 Å². The SMILES string of the molecule is Cc1ccc(S(=O)(=O)N2CC(CCCCO)c3cc(C#N)ccc32)cc1. The van der Waals surface area contributed by atoms with E-state index in [1.54, 1.807) is 42.5 Å². The number of nitrogens with zero attached hydrogens (tertiary/aromatic N) is 2. The lowest BCUT2D eigenvalue weighted by molar-refractivity contribution is 0.281. The lowest BCUT2D eigenvalue weighted by Gasteiger charge is -2.20. The Labute approximate surface area is 154 Å². The first kappa shape index (κ1) is 18.4. The van der Waals surface area contributed by atoms with E-state index >= 15 is 0 Å². The maximum Gasteiger partial charge on any atom is 0.264 e. The molecule has 0 aromatic heterocycles. The van der Waals surface area contributed by atoms with Crippen molar-refractivity contribution in [2.75, 3.05) is 17.5 Å². The second-order valence-corrected chi connectivity index (χ2v) is 8.51. The van der Waals surface area contributed by atoms with Crippen LogP contribution >= 0.6 is 0 Å². The van der Waals surface area contributed by atoms with E-state index < -0.39 is 10.0 Å². The van der Waals surface area contributed by atoms with E-state index in [0.29, 0.717) is 24.2 Å². The van der Waals surface area contributed by atoms with E-state index in [1.807, 2.05) is 6.92 Å². The van der Waals surface area contributed by atoms with Crippen molar-refractivity contribution in [2.24, 2.45) is 0 Å². The average Bonchev–Trinajstić information content (AvgIpc) is 3.01. The summed E-state index contributed by atoms with van der Waals surface area (Å²) in [5.41, 5.74) is 3.09. The predicted molar refractivity (Wildman–Crippen MR) is 101 cm³/mol. The van der Waals surface area contributed by atoms with Crippen LogP contribution in [0.25, 0.3) is 0 Å². The first-order chi connectivity index (χ1) is 12.5. The second-order valence-electron chi connectivity index (χ2n) is 6.65. The Hall–Kier alpha value is -2.36. The van der Waals surface area contributed by atoms with Crippen molar-refractivity contribution in [2.45, 2.75) is 37.0 Å². The number of rotatable bonds is 6. The summed E-state index contributed by atoms with van der Waals surface area (Å²) in [5.74, 6) is 0.0325. The minimum Gasteiger partial charge on any atom is -0.396 e. The van der Waals surface area contributed by atoms with Gasteiger partial charge in [-0.2, -0.15) is 5.26 Å². The molecule has 1 unspecified atom stereocenters. The lowest BCUT2D eigenvalue weighted by Crippen LogP contribution is -2.30. The van der Waals surface area contributed by atoms with Gasteiger partial charge >= 0.3 is 0 Å². The van der Waals surface area contributed by atoms with Crippen LogP contribution in [0.3, 0.4) is 0 Å². The summed E-state index contributed by atoms with van der Waals surface area (Å²) in [6.45, 7) is 2.41. The molecule has 0 saturated carbocycles. The molecule has 2 aromatic rings. The molecule has 136 valence electrons. The number of hydrogen-bond donors (Lipinski definition) is 1. The van der Waals surface area contributed by atoms with E-state index in [0.717, 1.165) is 24.0 Å². The van der Waals surface area contributed by atoms with E-state index in [9.17, 15) is 13.7 Å². The molecule has 6 heteroatoms. The van der Waals surface area contributed by atoms with Crippen LogP contribution in [0.5, 0.6) is 0 Å². The summed E-state index contributed by atoms with van der Waals surface area (Å²) in [6, 6.07) is 14.2. The summed E-state index contributed by atoms with van der Waals surface area (Å²) in [5, 5.41) is 18.2. The molecule has 1 N–H and O–H groups in total. The zero-order chi connectivity index (χ0) is 18.7. The summed E-state index contributed by atoms with van der Waals surface area (Å²) in [6.07, 6.45) is 2.28. The molecule has 1 atom stereocenters. The standard InChI is InChI=1S/C20H22N2O3S/c1-15-5-8-18(9-6-15)26(24,25)22-14-17(4-2-3-11-23)19-12-16(13-21)7-10-20(19)22/h5-10,12,17,23H,2-4,11,14H2,1H3. The fourth-order valence-corrected chi connectivity index (χ4v) is 4.93. The fraction of sp³-hybridized carbons (Fsp3) is 0.350. The van der Waals surface area contributed by atoms with Crippen LogP contribution in [-0.2, 0) is 10.0 Å². The van der Waals surface area contributed by atoms with Gasteiger partial charge in [0.2, 0.25) is 0 Å². The number of anilines is 1. The maximum atomic E-state index is 13.2. The minimum atomic E-state index is -3.65. The number of hydrogen-bond acceptors (Lipinski definition) is 4. The Kier molecular flexibility index (Phi) is 5.30. The third kappa shape index (κ3) is 3.46. The number of aliphatic hydroxyl groups is 1. The van der Waals surface area contributed by atoms with Crippen LogP contribution in [0.1, 0.15) is 41.9 Å². The topological polar surface area (TPSA) is 81.4 Å². The highest BCUT2D eigenvalue weighted by Crippen LogP contribution is 2.42. The monoisotopic (exact) mass is 370 g/mol. The van der Waals surface area contributed by atoms with Gasteiger partial charge in [-0.1, -0.05) is 24.1 Å². The van der Waals surface area contributed by atoms with Gasteiger partial charge in [0.15, 0.2) is 0 Å². The van der Waals surface area contributed by atoms with Gasteiger partial charge in [-0.05, 0) is 55.7 Å². The molecule has 0 spiro atoms. The van der Waals surface area contributed by atoms with Crippen molar-refractivity contribution in [3.05, 3.63) is 59.2 Å². The number of aliphatic hydroxyl groups excluding tert-OH is 1. The van der Waals surface area contributed by atoms with Crippen LogP contribution in [0.4, 0.5) is 5.69 Å². The Morgan fingerprint density at radius 2 is 1.92 bits per heavy atom. The van der Waals surface area contributed by atoms with E-state index in [1.165, 1.54) is 4.31 Å². The molecule has 0 saturated heterocycles. The van der Waals surface area contributed by atoms with Crippen molar-refractivity contribution in [3.8, 4) is 6.07 Å². The molecule has 0 radical (unpaired) electrons. The van der Waals surface area contributed by atoms with Gasteiger partial charge in [-0.3, -0.25) is 4.31 Å². The summed E-state index contributed by atoms with van der Waals surface area (Å²) in [4.78, 5) is 0.273. The van der Waals surface area contributed by atoms with Crippen molar-refractivity contribution in [3.63, 3.8) is 0 Å². The molecule has 5 nitrogen and oxygen atoms in total. The first-order valence-corrected chi connectivity index (χ1v) is 10.2. The number of aryl methyl sites for hydroxylation is 1. The molecule has 0 bridgehead atoms. The van der Waals surface area contributed by atoms with E-state index in [4.69, 9.17) is 5.11 Å². The predicted octanol–water partition coefficient (Wildman–Crippen LogP) is 3.32. The van der Waals surface area contributed by atoms with E-state index in [-0.39, 0.29) is 17.4 Å². The fourth-order valence-electron chi connectivity index (χ4n) is 3.39. The van der Waals surface area contributed by atoms with Gasteiger partial charge in [-0.15, -0.1) is 0 Å². The number of unbranched alkanes of at least 4 members (excludes halogenated alkanes) is 1. The minimum absolute atomic E-state index is 0.0325. The third-order valence-corrected chi connectivity index (χ3v) is 6.61. The van der Waals surface area contributed by atoms with E-state index in [2.05, 4.69) is 6.07 Å². The molecule has 3 rings (SSSR count). The van der Waals surface area contributed by atoms with Gasteiger partial charge in [0, 0.05) is 19.1 Å². The summed E-state index contributed by atoms with van der Waals surface area (Å²) < 4.78 is 27.8. The van der Waals surface area contributed by atoms with Crippen molar-refractivity contribution in [1.29, 1.82) is 5.26 Å². The Balaban J connectivity index is 1.99. The third-order valence-electron chi connectivity index (χ3n) is 4.82. The van der Waals surface area contributed by atoms with Crippen molar-refractivity contribution < 1.29 is 13.5 Å². The number of sulfonamides is 1. The van der Waals surface area contributed by atoms with Crippen LogP contribution in [0.15, 0.2) is 47.4 Å². The molecule has 0 amide bonds. The van der Waals surface area contributed by atoms with Crippen molar-refractivity contribution in [1.82, 2.24) is 0 Å². The van der Waals surface area contributed by atoms with Crippen molar-refractivity contribution >= 4 is 15.7 Å². The molecule has 26 heavy (non-hydrogen) atoms. The average molecular weight is 370 g/mol. The quantitative estimate of drug-likeness (QED) is 0.791. The van der Waals surface area contributed by atoms with Gasteiger partial charge in [0.1, 0.15) is 0 Å². The highest BCUT2D eigenvalue weighted by molar-refractivity contribution is 7.92. The number of fused-ring (bicyclic) bond motifs is 1. The molecule has 1 heterocycles. The Morgan fingerprint density at radius 1 is 1.19 bits per heavy atom. The second kappa shape index (κ2) is 7.48. The molecular weight excluding hydrogens is 348 g/mol. The Morgan fingerprint density at radius 3 is 2.58 bits per heavy atom. The number of benzene rings is 2. The van der Waals surface area contributed by atoms with Crippen LogP contribution in [0.2, 0.25) is 0 Å². The Bertz CT molecular complexity index is 931. The molecular formula is C20H22N2O3S. The van der Waals surface area contributed by atoms with Gasteiger partial charge in [0.05, 0.1) is 22.2 Å². The largest absolute Gasteiger partial charge is 0.396 e. The first-order valence-electron chi connectivity index (χ1n) is 8.71. The molecule has 0 aliphatic carbocycles. The smallest absolute Gasteiger partial charge is 0.264 e.